The molecule has 0 spiro atoms. The lowest BCUT2D eigenvalue weighted by atomic mass is 10.2. The molecule has 3 aromatic heterocycles. The van der Waals surface area contributed by atoms with Gasteiger partial charge in [0.05, 0.1) is 31.0 Å². The van der Waals surface area contributed by atoms with Gasteiger partial charge in [-0.25, -0.2) is 9.37 Å². The Balaban J connectivity index is 1.82. The van der Waals surface area contributed by atoms with E-state index in [1.165, 1.54) is 18.1 Å². The Hall–Kier alpha value is -3.81. The van der Waals surface area contributed by atoms with Crippen LogP contribution in [0, 0.1) is 5.82 Å². The second-order valence-electron chi connectivity index (χ2n) is 7.66. The highest BCUT2D eigenvalue weighted by Gasteiger charge is 2.40. The van der Waals surface area contributed by atoms with Crippen LogP contribution in [0.2, 0.25) is 0 Å². The van der Waals surface area contributed by atoms with Crippen LogP contribution >= 0.6 is 0 Å². The van der Waals surface area contributed by atoms with E-state index in [9.17, 15) is 31.9 Å². The third kappa shape index (κ3) is 4.11. The lowest BCUT2D eigenvalue weighted by Crippen LogP contribution is -2.37. The fourth-order valence-corrected chi connectivity index (χ4v) is 3.75. The molecule has 0 saturated heterocycles. The summed E-state index contributed by atoms with van der Waals surface area (Å²) >= 11 is 0. The maximum Gasteiger partial charge on any atom is 0.435 e. The van der Waals surface area contributed by atoms with E-state index in [2.05, 4.69) is 15.4 Å². The highest BCUT2D eigenvalue weighted by atomic mass is 19.4. The molecule has 14 heteroatoms. The van der Waals surface area contributed by atoms with Crippen LogP contribution in [0.1, 0.15) is 28.7 Å². The molecule has 1 aliphatic heterocycles. The van der Waals surface area contributed by atoms with Crippen molar-refractivity contribution < 1.29 is 31.9 Å². The number of hydrogen-bond donors (Lipinski definition) is 1. The van der Waals surface area contributed by atoms with E-state index in [0.29, 0.717) is 10.6 Å². The first-order valence-electron chi connectivity index (χ1n) is 9.95. The average molecular weight is 482 g/mol. The molecule has 34 heavy (non-hydrogen) atoms. The summed E-state index contributed by atoms with van der Waals surface area (Å²) in [7, 11) is 1.43. The highest BCUT2D eigenvalue weighted by molar-refractivity contribution is 5.98. The zero-order valence-electron chi connectivity index (χ0n) is 17.9. The van der Waals surface area contributed by atoms with Crippen molar-refractivity contribution in [2.24, 2.45) is 0 Å². The van der Waals surface area contributed by atoms with Crippen molar-refractivity contribution in [3.8, 4) is 0 Å². The number of methoxy groups -OCH3 is 1. The van der Waals surface area contributed by atoms with Gasteiger partial charge in [0.2, 0.25) is 5.91 Å². The van der Waals surface area contributed by atoms with E-state index < -0.39 is 47.6 Å². The Morgan fingerprint density at radius 3 is 2.65 bits per heavy atom. The largest absolute Gasteiger partial charge is 0.435 e. The molecule has 1 atom stereocenters. The summed E-state index contributed by atoms with van der Waals surface area (Å²) in [5.74, 6) is -2.04. The average Bonchev–Trinajstić information content (AvgIpc) is 3.36. The molecule has 180 valence electrons. The first kappa shape index (κ1) is 23.4. The predicted molar refractivity (Wildman–Crippen MR) is 108 cm³/mol. The van der Waals surface area contributed by atoms with Crippen molar-refractivity contribution in [3.63, 3.8) is 0 Å². The van der Waals surface area contributed by atoms with Crippen LogP contribution in [0.5, 0.6) is 0 Å². The Labute approximate surface area is 188 Å². The number of hydrogen-bond acceptors (Lipinski definition) is 6. The van der Waals surface area contributed by atoms with Gasteiger partial charge in [-0.2, -0.15) is 22.8 Å². The summed E-state index contributed by atoms with van der Waals surface area (Å²) in [5.41, 5.74) is -2.92. The third-order valence-electron chi connectivity index (χ3n) is 5.29. The molecule has 0 aromatic carbocycles. The Morgan fingerprint density at radius 1 is 1.29 bits per heavy atom. The van der Waals surface area contributed by atoms with Crippen molar-refractivity contribution in [1.82, 2.24) is 24.1 Å². The van der Waals surface area contributed by atoms with E-state index in [1.807, 2.05) is 0 Å². The SMILES string of the molecule is COC[C@H](C)N1Cc2c(n(CC(=O)Nc3ccc(F)cn3)c3cc(C(F)(F)F)nn3c2=O)C1=O. The number of carbonyl (C=O) groups is 2. The minimum absolute atomic E-state index is 0.00808. The number of halogens is 4. The van der Waals surface area contributed by atoms with Gasteiger partial charge in [0.25, 0.3) is 11.5 Å². The molecule has 2 amide bonds. The zero-order chi connectivity index (χ0) is 24.8. The smallest absolute Gasteiger partial charge is 0.383 e. The van der Waals surface area contributed by atoms with Gasteiger partial charge in [-0.3, -0.25) is 14.4 Å². The number of ether oxygens (including phenoxy) is 1. The van der Waals surface area contributed by atoms with Gasteiger partial charge in [-0.1, -0.05) is 0 Å². The van der Waals surface area contributed by atoms with Crippen molar-refractivity contribution >= 4 is 23.3 Å². The molecule has 0 radical (unpaired) electrons. The van der Waals surface area contributed by atoms with Crippen LogP contribution in [0.15, 0.2) is 29.2 Å². The fourth-order valence-electron chi connectivity index (χ4n) is 3.75. The molecule has 4 heterocycles. The molecule has 3 aromatic rings. The van der Waals surface area contributed by atoms with Crippen LogP contribution in [0.25, 0.3) is 5.65 Å². The maximum atomic E-state index is 13.3. The minimum Gasteiger partial charge on any atom is -0.383 e. The molecule has 0 aliphatic carbocycles. The Morgan fingerprint density at radius 2 is 2.03 bits per heavy atom. The number of amides is 2. The summed E-state index contributed by atoms with van der Waals surface area (Å²) in [6.45, 7) is 1.02. The zero-order valence-corrected chi connectivity index (χ0v) is 17.9. The maximum absolute atomic E-state index is 13.3. The quantitative estimate of drug-likeness (QED) is 0.536. The Bertz CT molecular complexity index is 1330. The standard InChI is InChI=1S/C20H18F4N6O4/c1-10(9-34-2)28-7-12-17(19(28)33)29(8-15(31)26-14-4-3-11(21)6-25-14)16-5-13(20(22,23)24)27-30(16)18(12)32/h3-6,10H,7-9H2,1-2H3,(H,25,26,31)/t10-/m0/s1. The summed E-state index contributed by atoms with van der Waals surface area (Å²) in [4.78, 5) is 43.8. The molecule has 0 unspecified atom stereocenters. The Kier molecular flexibility index (Phi) is 5.85. The topological polar surface area (TPSA) is 111 Å². The lowest BCUT2D eigenvalue weighted by molar-refractivity contribution is -0.141. The molecule has 0 saturated carbocycles. The summed E-state index contributed by atoms with van der Waals surface area (Å²) in [6, 6.07) is 2.40. The number of alkyl halides is 3. The fraction of sp³-hybridized carbons (Fsp3) is 0.350. The normalized spacial score (nSPS) is 14.5. The number of aromatic nitrogens is 4. The molecular formula is C20H18F4N6O4. The minimum atomic E-state index is -4.86. The predicted octanol–water partition coefficient (Wildman–Crippen LogP) is 1.68. The van der Waals surface area contributed by atoms with Gasteiger partial charge < -0.3 is 19.5 Å². The first-order valence-corrected chi connectivity index (χ1v) is 9.95. The second kappa shape index (κ2) is 8.52. The third-order valence-corrected chi connectivity index (χ3v) is 5.29. The van der Waals surface area contributed by atoms with Gasteiger partial charge in [0.1, 0.15) is 29.5 Å². The van der Waals surface area contributed by atoms with Crippen LogP contribution in [0.3, 0.4) is 0 Å². The summed E-state index contributed by atoms with van der Waals surface area (Å²) < 4.78 is 59.6. The lowest BCUT2D eigenvalue weighted by Gasteiger charge is -2.23. The van der Waals surface area contributed by atoms with Crippen molar-refractivity contribution in [2.75, 3.05) is 19.0 Å². The number of nitrogens with zero attached hydrogens (tertiary/aromatic N) is 5. The number of pyridine rings is 1. The molecule has 1 N–H and O–H groups in total. The van der Waals surface area contributed by atoms with Crippen LogP contribution in [-0.4, -0.2) is 55.6 Å². The van der Waals surface area contributed by atoms with Crippen LogP contribution in [0.4, 0.5) is 23.4 Å². The molecule has 1 aliphatic rings. The number of nitrogens with one attached hydrogen (secondary N) is 1. The van der Waals surface area contributed by atoms with Gasteiger partial charge in [0.15, 0.2) is 5.69 Å². The highest BCUT2D eigenvalue weighted by Crippen LogP contribution is 2.30. The van der Waals surface area contributed by atoms with E-state index in [0.717, 1.165) is 16.8 Å². The molecule has 0 fully saturated rings. The van der Waals surface area contributed by atoms with Crippen molar-refractivity contribution in [3.05, 3.63) is 57.5 Å². The van der Waals surface area contributed by atoms with E-state index in [1.54, 1.807) is 6.92 Å². The number of anilines is 1. The number of rotatable bonds is 6. The van der Waals surface area contributed by atoms with Gasteiger partial charge in [0, 0.05) is 13.2 Å². The molecule has 10 nitrogen and oxygen atoms in total. The molecular weight excluding hydrogens is 464 g/mol. The first-order chi connectivity index (χ1) is 16.0. The molecule has 0 bridgehead atoms. The monoisotopic (exact) mass is 482 g/mol. The van der Waals surface area contributed by atoms with E-state index in [4.69, 9.17) is 4.74 Å². The van der Waals surface area contributed by atoms with E-state index in [-0.39, 0.29) is 35.9 Å². The van der Waals surface area contributed by atoms with Crippen molar-refractivity contribution in [1.29, 1.82) is 0 Å². The van der Waals surface area contributed by atoms with Crippen LogP contribution < -0.4 is 10.9 Å². The summed E-state index contributed by atoms with van der Waals surface area (Å²) in [6.07, 6.45) is -3.99. The van der Waals surface area contributed by atoms with Gasteiger partial charge in [-0.15, -0.1) is 0 Å². The summed E-state index contributed by atoms with van der Waals surface area (Å²) in [5, 5.41) is 5.75. The molecule has 4 rings (SSSR count). The van der Waals surface area contributed by atoms with Crippen LogP contribution in [-0.2, 0) is 28.8 Å². The number of carbonyl (C=O) groups excluding carboxylic acids is 2. The van der Waals surface area contributed by atoms with Gasteiger partial charge >= 0.3 is 6.18 Å². The van der Waals surface area contributed by atoms with Crippen molar-refractivity contribution in [2.45, 2.75) is 32.2 Å². The number of fused-ring (bicyclic) bond motifs is 2. The van der Waals surface area contributed by atoms with Gasteiger partial charge in [-0.05, 0) is 19.1 Å². The second-order valence-corrected chi connectivity index (χ2v) is 7.66. The van der Waals surface area contributed by atoms with E-state index >= 15 is 0 Å².